The second-order valence-electron chi connectivity index (χ2n) is 6.29. The highest BCUT2D eigenvalue weighted by Crippen LogP contribution is 2.28. The zero-order valence-electron chi connectivity index (χ0n) is 15.8. The Balaban J connectivity index is 1.48. The lowest BCUT2D eigenvalue weighted by atomic mass is 10.3. The molecule has 12 nitrogen and oxygen atoms in total. The van der Waals surface area contributed by atoms with Crippen molar-refractivity contribution in [1.82, 2.24) is 39.6 Å². The van der Waals surface area contributed by atoms with Gasteiger partial charge in [-0.3, -0.25) is 0 Å². The largest absolute Gasteiger partial charge is 0.491 e. The molecule has 0 fully saturated rings. The van der Waals surface area contributed by atoms with Gasteiger partial charge in [0.1, 0.15) is 18.4 Å². The predicted molar refractivity (Wildman–Crippen MR) is 99.6 cm³/mol. The first-order valence-electron chi connectivity index (χ1n) is 8.77. The number of aromatic nitrogens is 8. The summed E-state index contributed by atoms with van der Waals surface area (Å²) in [6.07, 6.45) is 1.55. The first-order valence-corrected chi connectivity index (χ1v) is 8.77. The molecule has 0 radical (unpaired) electrons. The molecule has 0 atom stereocenters. The molecule has 0 aliphatic rings. The number of aryl methyl sites for hydroxylation is 1. The standard InChI is InChI=1S/C18H13N9O3/c1-10-5-13(25-30-10)17-22-21-16-6-14(28-2)18(24-27(16)17)29-9-11-3-4-15-20-12(7-19)8-26(15)23-11/h3-6,8H,9H2,1-2H3. The molecule has 0 aromatic carbocycles. The number of fused-ring (bicyclic) bond motifs is 2. The fourth-order valence-corrected chi connectivity index (χ4v) is 2.87. The number of imidazole rings is 1. The lowest BCUT2D eigenvalue weighted by Crippen LogP contribution is -2.06. The number of methoxy groups -OCH3 is 1. The highest BCUT2D eigenvalue weighted by molar-refractivity contribution is 5.56. The lowest BCUT2D eigenvalue weighted by Gasteiger charge is -2.09. The Morgan fingerprint density at radius 3 is 2.83 bits per heavy atom. The van der Waals surface area contributed by atoms with Gasteiger partial charge in [-0.2, -0.15) is 14.9 Å². The monoisotopic (exact) mass is 403 g/mol. The summed E-state index contributed by atoms with van der Waals surface area (Å²) in [5.74, 6) is 1.69. The third-order valence-corrected chi connectivity index (χ3v) is 4.25. The molecule has 0 saturated heterocycles. The molecular weight excluding hydrogens is 390 g/mol. The van der Waals surface area contributed by atoms with Gasteiger partial charge in [0.2, 0.25) is 5.82 Å². The van der Waals surface area contributed by atoms with Gasteiger partial charge < -0.3 is 14.0 Å². The minimum absolute atomic E-state index is 0.116. The van der Waals surface area contributed by atoms with E-state index >= 15 is 0 Å². The molecule has 0 N–H and O–H groups in total. The zero-order valence-corrected chi connectivity index (χ0v) is 15.8. The minimum Gasteiger partial charge on any atom is -0.491 e. The van der Waals surface area contributed by atoms with Crippen LogP contribution in [0.5, 0.6) is 11.6 Å². The van der Waals surface area contributed by atoms with E-state index in [4.69, 9.17) is 19.3 Å². The van der Waals surface area contributed by atoms with Gasteiger partial charge in [-0.15, -0.1) is 15.3 Å². The van der Waals surface area contributed by atoms with Crippen LogP contribution in [0, 0.1) is 18.3 Å². The average molecular weight is 403 g/mol. The van der Waals surface area contributed by atoms with Crippen LogP contribution in [-0.4, -0.2) is 46.7 Å². The van der Waals surface area contributed by atoms with E-state index in [1.807, 2.05) is 6.07 Å². The van der Waals surface area contributed by atoms with Crippen LogP contribution in [0.3, 0.4) is 0 Å². The van der Waals surface area contributed by atoms with Crippen LogP contribution in [0.15, 0.2) is 35.0 Å². The molecule has 12 heteroatoms. The van der Waals surface area contributed by atoms with Crippen molar-refractivity contribution in [3.8, 4) is 29.2 Å². The summed E-state index contributed by atoms with van der Waals surface area (Å²) in [5, 5.41) is 30.0. The third kappa shape index (κ3) is 2.94. The fraction of sp³-hybridized carbons (Fsp3) is 0.167. The Kier molecular flexibility index (Phi) is 3.99. The Hall–Kier alpha value is -4.53. The number of ether oxygens (including phenoxy) is 2. The average Bonchev–Trinajstić information content (AvgIpc) is 3.48. The summed E-state index contributed by atoms with van der Waals surface area (Å²) in [5.41, 5.74) is 2.45. The molecule has 0 spiro atoms. The number of hydrogen-bond donors (Lipinski definition) is 0. The normalized spacial score (nSPS) is 11.1. The van der Waals surface area contributed by atoms with Gasteiger partial charge in [-0.1, -0.05) is 5.16 Å². The van der Waals surface area contributed by atoms with E-state index in [0.29, 0.717) is 40.0 Å². The van der Waals surface area contributed by atoms with E-state index in [-0.39, 0.29) is 18.2 Å². The van der Waals surface area contributed by atoms with Crippen molar-refractivity contribution >= 4 is 11.3 Å². The second-order valence-corrected chi connectivity index (χ2v) is 6.29. The molecule has 30 heavy (non-hydrogen) atoms. The van der Waals surface area contributed by atoms with Gasteiger partial charge in [-0.25, -0.2) is 9.50 Å². The summed E-state index contributed by atoms with van der Waals surface area (Å²) in [7, 11) is 1.51. The van der Waals surface area contributed by atoms with Crippen LogP contribution < -0.4 is 9.47 Å². The highest BCUT2D eigenvalue weighted by Gasteiger charge is 2.18. The van der Waals surface area contributed by atoms with E-state index in [0.717, 1.165) is 0 Å². The van der Waals surface area contributed by atoms with Crippen molar-refractivity contribution in [1.29, 1.82) is 5.26 Å². The van der Waals surface area contributed by atoms with Crippen LogP contribution in [0.1, 0.15) is 17.1 Å². The van der Waals surface area contributed by atoms with Crippen molar-refractivity contribution in [2.24, 2.45) is 0 Å². The summed E-state index contributed by atoms with van der Waals surface area (Å²) >= 11 is 0. The lowest BCUT2D eigenvalue weighted by molar-refractivity contribution is 0.263. The van der Waals surface area contributed by atoms with E-state index in [2.05, 4.69) is 30.5 Å². The summed E-state index contributed by atoms with van der Waals surface area (Å²) in [6, 6.07) is 8.91. The van der Waals surface area contributed by atoms with Crippen molar-refractivity contribution in [3.05, 3.63) is 47.6 Å². The number of rotatable bonds is 5. The second kappa shape index (κ2) is 6.82. The Morgan fingerprint density at radius 1 is 1.17 bits per heavy atom. The van der Waals surface area contributed by atoms with Gasteiger partial charge in [-0.05, 0) is 19.1 Å². The topological polar surface area (TPSA) is 142 Å². The predicted octanol–water partition coefficient (Wildman–Crippen LogP) is 1.59. The first-order chi connectivity index (χ1) is 14.6. The fourth-order valence-electron chi connectivity index (χ4n) is 2.87. The molecule has 0 bridgehead atoms. The van der Waals surface area contributed by atoms with E-state index in [1.54, 1.807) is 37.4 Å². The number of nitriles is 1. The maximum Gasteiger partial charge on any atom is 0.275 e. The van der Waals surface area contributed by atoms with Crippen molar-refractivity contribution < 1.29 is 14.0 Å². The highest BCUT2D eigenvalue weighted by atomic mass is 16.5. The maximum absolute atomic E-state index is 8.97. The Labute approximate surface area is 168 Å². The molecule has 0 aliphatic heterocycles. The van der Waals surface area contributed by atoms with Crippen LogP contribution in [0.2, 0.25) is 0 Å². The van der Waals surface area contributed by atoms with Crippen LogP contribution in [0.25, 0.3) is 22.8 Å². The molecule has 5 heterocycles. The summed E-state index contributed by atoms with van der Waals surface area (Å²) in [4.78, 5) is 4.12. The summed E-state index contributed by atoms with van der Waals surface area (Å²) in [6.45, 7) is 1.90. The van der Waals surface area contributed by atoms with Crippen LogP contribution in [-0.2, 0) is 6.61 Å². The molecule has 0 aliphatic carbocycles. The molecule has 0 unspecified atom stereocenters. The van der Waals surface area contributed by atoms with E-state index in [1.165, 1.54) is 16.1 Å². The smallest absolute Gasteiger partial charge is 0.275 e. The zero-order chi connectivity index (χ0) is 20.7. The quantitative estimate of drug-likeness (QED) is 0.424. The van der Waals surface area contributed by atoms with Crippen molar-refractivity contribution in [2.75, 3.05) is 7.11 Å². The van der Waals surface area contributed by atoms with Crippen LogP contribution >= 0.6 is 0 Å². The molecule has 5 aromatic heterocycles. The molecule has 5 aromatic rings. The first kappa shape index (κ1) is 17.6. The van der Waals surface area contributed by atoms with Crippen LogP contribution in [0.4, 0.5) is 0 Å². The molecule has 0 saturated carbocycles. The minimum atomic E-state index is 0.116. The maximum atomic E-state index is 8.97. The van der Waals surface area contributed by atoms with Gasteiger partial charge in [0.25, 0.3) is 5.88 Å². The molecular formula is C18H13N9O3. The SMILES string of the molecule is COc1cc2nnc(-c3cc(C)on3)n2nc1OCc1ccc2nc(C#N)cn2n1. The van der Waals surface area contributed by atoms with Crippen molar-refractivity contribution in [2.45, 2.75) is 13.5 Å². The Morgan fingerprint density at radius 2 is 2.07 bits per heavy atom. The van der Waals surface area contributed by atoms with Crippen molar-refractivity contribution in [3.63, 3.8) is 0 Å². The Bertz CT molecular complexity index is 1430. The number of nitrogens with zero attached hydrogens (tertiary/aromatic N) is 9. The van der Waals surface area contributed by atoms with Gasteiger partial charge in [0.05, 0.1) is 19.0 Å². The number of hydrogen-bond acceptors (Lipinski definition) is 10. The molecule has 5 rings (SSSR count). The van der Waals surface area contributed by atoms with E-state index in [9.17, 15) is 0 Å². The van der Waals surface area contributed by atoms with Gasteiger partial charge >= 0.3 is 0 Å². The van der Waals surface area contributed by atoms with Gasteiger partial charge in [0, 0.05) is 12.1 Å². The third-order valence-electron chi connectivity index (χ3n) is 4.25. The summed E-state index contributed by atoms with van der Waals surface area (Å²) < 4.78 is 19.4. The molecule has 148 valence electrons. The molecule has 0 amide bonds. The van der Waals surface area contributed by atoms with Gasteiger partial charge in [0.15, 0.2) is 28.4 Å². The van der Waals surface area contributed by atoms with E-state index < -0.39 is 0 Å².